The lowest BCUT2D eigenvalue weighted by molar-refractivity contribution is -0.133. The van der Waals surface area contributed by atoms with E-state index in [9.17, 15) is 4.79 Å². The van der Waals surface area contributed by atoms with E-state index in [1.165, 1.54) is 9.71 Å². The van der Waals surface area contributed by atoms with Crippen molar-refractivity contribution in [3.63, 3.8) is 0 Å². The van der Waals surface area contributed by atoms with Gasteiger partial charge in [0.1, 0.15) is 18.1 Å². The number of nitrogens with zero attached hydrogens (tertiary/aromatic N) is 4. The van der Waals surface area contributed by atoms with Crippen LogP contribution < -0.4 is 9.47 Å². The number of ether oxygens (including phenoxy) is 2. The minimum atomic E-state index is 0.268. The third-order valence-electron chi connectivity index (χ3n) is 7.07. The number of carbonyl (C=O) groups excluding carboxylic acids is 1. The van der Waals surface area contributed by atoms with Gasteiger partial charge in [0.2, 0.25) is 5.91 Å². The summed E-state index contributed by atoms with van der Waals surface area (Å²) in [6, 6.07) is 16.0. The van der Waals surface area contributed by atoms with Crippen molar-refractivity contribution in [1.29, 1.82) is 0 Å². The maximum Gasteiger partial charge on any atom is 0.236 e. The molecule has 2 aliphatic heterocycles. The molecular formula is C27H34N4O3S. The number of likely N-dealkylation sites (tertiary alicyclic amines) is 1. The maximum absolute atomic E-state index is 12.9. The number of benzene rings is 2. The Labute approximate surface area is 211 Å². The molecule has 0 N–H and O–H groups in total. The fraction of sp³-hybridized carbons (Fsp3) is 0.481. The molecule has 1 amide bonds. The first-order chi connectivity index (χ1) is 17.2. The molecule has 186 valence electrons. The number of amides is 1. The van der Waals surface area contributed by atoms with E-state index in [-0.39, 0.29) is 5.91 Å². The van der Waals surface area contributed by atoms with Gasteiger partial charge < -0.3 is 14.4 Å². The van der Waals surface area contributed by atoms with Gasteiger partial charge in [0.25, 0.3) is 0 Å². The minimum absolute atomic E-state index is 0.268. The second-order valence-electron chi connectivity index (χ2n) is 9.32. The largest absolute Gasteiger partial charge is 0.497 e. The van der Waals surface area contributed by atoms with Crippen molar-refractivity contribution >= 4 is 27.5 Å². The van der Waals surface area contributed by atoms with E-state index in [4.69, 9.17) is 14.5 Å². The van der Waals surface area contributed by atoms with Crippen LogP contribution >= 0.6 is 11.3 Å². The summed E-state index contributed by atoms with van der Waals surface area (Å²) < 4.78 is 12.3. The van der Waals surface area contributed by atoms with Crippen LogP contribution in [0.2, 0.25) is 0 Å². The number of hydrogen-bond donors (Lipinski definition) is 0. The fourth-order valence-electron chi connectivity index (χ4n) is 4.87. The van der Waals surface area contributed by atoms with Crippen LogP contribution in [0.25, 0.3) is 10.2 Å². The molecule has 2 aromatic carbocycles. The Morgan fingerprint density at radius 3 is 2.34 bits per heavy atom. The van der Waals surface area contributed by atoms with Gasteiger partial charge in [-0.3, -0.25) is 14.6 Å². The van der Waals surface area contributed by atoms with Gasteiger partial charge in [0.15, 0.2) is 0 Å². The number of piperidine rings is 1. The van der Waals surface area contributed by atoms with E-state index in [1.807, 2.05) is 30.3 Å². The first kappa shape index (κ1) is 24.0. The molecule has 7 nitrogen and oxygen atoms in total. The Morgan fingerprint density at radius 2 is 1.63 bits per heavy atom. The molecule has 35 heavy (non-hydrogen) atoms. The predicted octanol–water partition coefficient (Wildman–Crippen LogP) is 3.71. The normalized spacial score (nSPS) is 18.1. The summed E-state index contributed by atoms with van der Waals surface area (Å²) >= 11 is 1.81. The van der Waals surface area contributed by atoms with Crippen LogP contribution in [-0.4, -0.2) is 91.7 Å². The van der Waals surface area contributed by atoms with Crippen LogP contribution in [0.3, 0.4) is 0 Å². The highest BCUT2D eigenvalue weighted by molar-refractivity contribution is 7.18. The van der Waals surface area contributed by atoms with Crippen molar-refractivity contribution < 1.29 is 14.3 Å². The summed E-state index contributed by atoms with van der Waals surface area (Å²) in [5.41, 5.74) is 1.09. The first-order valence-corrected chi connectivity index (χ1v) is 13.3. The van der Waals surface area contributed by atoms with Crippen molar-refractivity contribution in [1.82, 2.24) is 19.7 Å². The summed E-state index contributed by atoms with van der Waals surface area (Å²) in [6.45, 7) is 7.55. The molecule has 0 atom stereocenters. The Bertz CT molecular complexity index is 1070. The summed E-state index contributed by atoms with van der Waals surface area (Å²) in [5.74, 6) is 2.44. The summed E-state index contributed by atoms with van der Waals surface area (Å²) in [7, 11) is 1.66. The SMILES string of the molecule is COc1ccc(OCCN2CCN(CC(=O)N3CCC(c4nc5ccccc5s4)CC3)CC2)cc1. The molecule has 2 aliphatic rings. The van der Waals surface area contributed by atoms with E-state index in [0.29, 0.717) is 19.1 Å². The van der Waals surface area contributed by atoms with Crippen molar-refractivity contribution in [2.24, 2.45) is 0 Å². The smallest absolute Gasteiger partial charge is 0.236 e. The lowest BCUT2D eigenvalue weighted by Crippen LogP contribution is -2.51. The number of fused-ring (bicyclic) bond motifs is 1. The van der Waals surface area contributed by atoms with Crippen molar-refractivity contribution in [3.05, 3.63) is 53.5 Å². The summed E-state index contributed by atoms with van der Waals surface area (Å²) in [5, 5.41) is 1.23. The molecule has 0 unspecified atom stereocenters. The van der Waals surface area contributed by atoms with Gasteiger partial charge in [-0.2, -0.15) is 0 Å². The molecule has 0 saturated carbocycles. The van der Waals surface area contributed by atoms with Crippen LogP contribution in [0, 0.1) is 0 Å². The van der Waals surface area contributed by atoms with Crippen molar-refractivity contribution in [2.75, 3.05) is 66.1 Å². The number of thiazole rings is 1. The summed E-state index contributed by atoms with van der Waals surface area (Å²) in [4.78, 5) is 24.5. The zero-order chi connectivity index (χ0) is 24.0. The van der Waals surface area contributed by atoms with Gasteiger partial charge >= 0.3 is 0 Å². The van der Waals surface area contributed by atoms with Gasteiger partial charge in [-0.1, -0.05) is 12.1 Å². The van der Waals surface area contributed by atoms with Crippen molar-refractivity contribution in [3.8, 4) is 11.5 Å². The molecule has 2 fully saturated rings. The zero-order valence-electron chi connectivity index (χ0n) is 20.4. The highest BCUT2D eigenvalue weighted by Crippen LogP contribution is 2.33. The number of hydrogen-bond acceptors (Lipinski definition) is 7. The number of para-hydroxylation sites is 1. The number of aromatic nitrogens is 1. The van der Waals surface area contributed by atoms with Gasteiger partial charge in [0.05, 0.1) is 28.9 Å². The molecule has 1 aromatic heterocycles. The third kappa shape index (κ3) is 6.12. The number of carbonyl (C=O) groups is 1. The van der Waals surface area contributed by atoms with Gasteiger partial charge in [-0.25, -0.2) is 4.98 Å². The molecule has 2 saturated heterocycles. The zero-order valence-corrected chi connectivity index (χ0v) is 21.2. The van der Waals surface area contributed by atoms with Gasteiger partial charge in [-0.05, 0) is 49.2 Å². The van der Waals surface area contributed by atoms with E-state index >= 15 is 0 Å². The highest BCUT2D eigenvalue weighted by Gasteiger charge is 2.27. The molecule has 3 heterocycles. The number of piperazine rings is 1. The standard InChI is InChI=1S/C27H34N4O3S/c1-33-22-6-8-23(9-7-22)34-19-18-29-14-16-30(17-15-29)20-26(32)31-12-10-21(11-13-31)27-28-24-4-2-3-5-25(24)35-27/h2-9,21H,10-20H2,1H3. The third-order valence-corrected chi connectivity index (χ3v) is 8.27. The predicted molar refractivity (Wildman–Crippen MR) is 140 cm³/mol. The fourth-order valence-corrected chi connectivity index (χ4v) is 6.00. The Balaban J connectivity index is 1.000. The number of methoxy groups -OCH3 is 1. The van der Waals surface area contributed by atoms with E-state index in [2.05, 4.69) is 32.9 Å². The average Bonchev–Trinajstić information content (AvgIpc) is 3.35. The average molecular weight is 495 g/mol. The van der Waals surface area contributed by atoms with Crippen LogP contribution in [0.1, 0.15) is 23.8 Å². The summed E-state index contributed by atoms with van der Waals surface area (Å²) in [6.07, 6.45) is 2.01. The lowest BCUT2D eigenvalue weighted by Gasteiger charge is -2.36. The number of rotatable bonds is 8. The van der Waals surface area contributed by atoms with Crippen LogP contribution in [0.4, 0.5) is 0 Å². The van der Waals surface area contributed by atoms with Crippen LogP contribution in [0.5, 0.6) is 11.5 Å². The Hall–Kier alpha value is -2.68. The molecule has 3 aromatic rings. The van der Waals surface area contributed by atoms with E-state index < -0.39 is 0 Å². The van der Waals surface area contributed by atoms with Gasteiger partial charge in [0, 0.05) is 51.7 Å². The molecule has 0 radical (unpaired) electrons. The molecule has 0 aliphatic carbocycles. The monoisotopic (exact) mass is 494 g/mol. The first-order valence-electron chi connectivity index (χ1n) is 12.5. The Kier molecular flexibility index (Phi) is 7.81. The Morgan fingerprint density at radius 1 is 0.943 bits per heavy atom. The lowest BCUT2D eigenvalue weighted by atomic mass is 9.97. The van der Waals surface area contributed by atoms with E-state index in [0.717, 1.165) is 75.7 Å². The molecule has 0 spiro atoms. The van der Waals surface area contributed by atoms with Crippen LogP contribution in [0.15, 0.2) is 48.5 Å². The quantitative estimate of drug-likeness (QED) is 0.476. The minimum Gasteiger partial charge on any atom is -0.497 e. The molecule has 5 rings (SSSR count). The molecule has 8 heteroatoms. The van der Waals surface area contributed by atoms with E-state index in [1.54, 1.807) is 18.4 Å². The van der Waals surface area contributed by atoms with Crippen LogP contribution in [-0.2, 0) is 4.79 Å². The topological polar surface area (TPSA) is 58.1 Å². The second kappa shape index (κ2) is 11.4. The highest BCUT2D eigenvalue weighted by atomic mass is 32.1. The molecule has 0 bridgehead atoms. The molecular weight excluding hydrogens is 460 g/mol. The second-order valence-corrected chi connectivity index (χ2v) is 10.4. The maximum atomic E-state index is 12.9. The van der Waals surface area contributed by atoms with Gasteiger partial charge in [-0.15, -0.1) is 11.3 Å². The van der Waals surface area contributed by atoms with Crippen molar-refractivity contribution in [2.45, 2.75) is 18.8 Å².